The molecule has 0 radical (unpaired) electrons. The van der Waals surface area contributed by atoms with Crippen LogP contribution in [0, 0.1) is 6.92 Å². The number of aryl methyl sites for hydroxylation is 3. The van der Waals surface area contributed by atoms with Gasteiger partial charge in [0.1, 0.15) is 5.75 Å². The van der Waals surface area contributed by atoms with Crippen LogP contribution in [0.2, 0.25) is 0 Å². The molecule has 0 bridgehead atoms. The number of hydrogen-bond donors (Lipinski definition) is 1. The third-order valence-electron chi connectivity index (χ3n) is 5.43. The van der Waals surface area contributed by atoms with Crippen molar-refractivity contribution in [3.63, 3.8) is 0 Å². The zero-order chi connectivity index (χ0) is 20.8. The van der Waals surface area contributed by atoms with Crippen LogP contribution in [0.3, 0.4) is 0 Å². The van der Waals surface area contributed by atoms with Crippen LogP contribution in [0.5, 0.6) is 5.75 Å². The van der Waals surface area contributed by atoms with Crippen LogP contribution in [0.4, 0.5) is 5.13 Å². The molecule has 1 N–H and O–H groups in total. The molecule has 5 heteroatoms. The summed E-state index contributed by atoms with van der Waals surface area (Å²) >= 11 is 1.57. The molecule has 3 aromatic rings. The maximum atomic E-state index is 12.7. The first-order valence-electron chi connectivity index (χ1n) is 9.86. The Kier molecular flexibility index (Phi) is 4.95. The van der Waals surface area contributed by atoms with Gasteiger partial charge in [0.15, 0.2) is 5.13 Å². The van der Waals surface area contributed by atoms with Gasteiger partial charge in [-0.15, -0.1) is 11.3 Å². The lowest BCUT2D eigenvalue weighted by atomic mass is 9.87. The molecule has 2 aromatic carbocycles. The van der Waals surface area contributed by atoms with E-state index in [0.29, 0.717) is 10.7 Å². The molecule has 0 atom stereocenters. The van der Waals surface area contributed by atoms with Crippen molar-refractivity contribution >= 4 is 22.4 Å². The van der Waals surface area contributed by atoms with Gasteiger partial charge in [0.2, 0.25) is 0 Å². The molecule has 0 aliphatic heterocycles. The number of nitrogens with zero attached hydrogens (tertiary/aromatic N) is 1. The number of aromatic nitrogens is 1. The van der Waals surface area contributed by atoms with Gasteiger partial charge in [-0.1, -0.05) is 32.9 Å². The first kappa shape index (κ1) is 19.6. The summed E-state index contributed by atoms with van der Waals surface area (Å²) in [6.45, 7) is 8.54. The van der Waals surface area contributed by atoms with Crippen LogP contribution in [-0.2, 0) is 18.3 Å². The topological polar surface area (TPSA) is 51.2 Å². The van der Waals surface area contributed by atoms with Crippen molar-refractivity contribution in [3.05, 3.63) is 63.5 Å². The summed E-state index contributed by atoms with van der Waals surface area (Å²) in [5.41, 5.74) is 6.40. The van der Waals surface area contributed by atoms with Gasteiger partial charge in [0, 0.05) is 16.0 Å². The second kappa shape index (κ2) is 7.30. The van der Waals surface area contributed by atoms with Gasteiger partial charge in [-0.2, -0.15) is 0 Å². The molecule has 1 heterocycles. The normalized spacial score (nSPS) is 12.9. The molecule has 4 rings (SSSR count). The first-order chi connectivity index (χ1) is 13.8. The fraction of sp³-hybridized carbons (Fsp3) is 0.333. The molecule has 1 aliphatic rings. The molecule has 4 nitrogen and oxygen atoms in total. The summed E-state index contributed by atoms with van der Waals surface area (Å²) in [5.74, 6) is 0.789. The van der Waals surface area contributed by atoms with Crippen molar-refractivity contribution in [1.29, 1.82) is 0 Å². The minimum Gasteiger partial charge on any atom is -0.496 e. The standard InChI is InChI=1S/C24H26N2O2S/c1-14-12-18-16(13-19(14)28-5)8-11-20-21(18)25-23(29-20)26-22(27)15-6-9-17(10-7-15)24(2,3)4/h6-7,9-10,12-13H,8,11H2,1-5H3,(H,25,26,27). The zero-order valence-electron chi connectivity index (χ0n) is 17.6. The molecule has 0 saturated heterocycles. The van der Waals surface area contributed by atoms with E-state index in [-0.39, 0.29) is 11.3 Å². The summed E-state index contributed by atoms with van der Waals surface area (Å²) in [5, 5.41) is 3.64. The van der Waals surface area contributed by atoms with Crippen molar-refractivity contribution in [3.8, 4) is 17.0 Å². The smallest absolute Gasteiger partial charge is 0.257 e. The minimum absolute atomic E-state index is 0.0670. The minimum atomic E-state index is -0.123. The molecule has 0 saturated carbocycles. The molecule has 1 amide bonds. The van der Waals surface area contributed by atoms with Crippen molar-refractivity contribution in [1.82, 2.24) is 4.98 Å². The van der Waals surface area contributed by atoms with Gasteiger partial charge < -0.3 is 4.74 Å². The number of thiazole rings is 1. The zero-order valence-corrected chi connectivity index (χ0v) is 18.4. The summed E-state index contributed by atoms with van der Waals surface area (Å²) < 4.78 is 5.46. The Morgan fingerprint density at radius 2 is 1.86 bits per heavy atom. The molecule has 1 aliphatic carbocycles. The molecule has 29 heavy (non-hydrogen) atoms. The summed E-state index contributed by atoms with van der Waals surface area (Å²) in [6, 6.07) is 12.1. The number of fused-ring (bicyclic) bond motifs is 3. The number of ether oxygens (including phenoxy) is 1. The number of carbonyl (C=O) groups excluding carboxylic acids is 1. The highest BCUT2D eigenvalue weighted by molar-refractivity contribution is 7.16. The molecule has 150 valence electrons. The molecular formula is C24H26N2O2S. The predicted octanol–water partition coefficient (Wildman–Crippen LogP) is 5.78. The lowest BCUT2D eigenvalue weighted by molar-refractivity contribution is 0.102. The Balaban J connectivity index is 1.58. The summed E-state index contributed by atoms with van der Waals surface area (Å²) in [7, 11) is 1.70. The van der Waals surface area contributed by atoms with Crippen LogP contribution in [0.1, 0.15) is 52.7 Å². The SMILES string of the molecule is COc1cc2c(cc1C)-c1nc(NC(=O)c3ccc(C(C)(C)C)cc3)sc1CC2. The maximum Gasteiger partial charge on any atom is 0.257 e. The Morgan fingerprint density at radius 1 is 1.14 bits per heavy atom. The highest BCUT2D eigenvalue weighted by Gasteiger charge is 2.23. The molecule has 0 fully saturated rings. The first-order valence-corrected chi connectivity index (χ1v) is 10.7. The van der Waals surface area contributed by atoms with Crippen LogP contribution in [0.15, 0.2) is 36.4 Å². The molecule has 0 unspecified atom stereocenters. The quantitative estimate of drug-likeness (QED) is 0.600. The van der Waals surface area contributed by atoms with Crippen LogP contribution < -0.4 is 10.1 Å². The number of nitrogens with one attached hydrogen (secondary N) is 1. The largest absolute Gasteiger partial charge is 0.496 e. The van der Waals surface area contributed by atoms with E-state index in [9.17, 15) is 4.79 Å². The fourth-order valence-electron chi connectivity index (χ4n) is 3.70. The van der Waals surface area contributed by atoms with Gasteiger partial charge in [-0.3, -0.25) is 10.1 Å². The van der Waals surface area contributed by atoms with Gasteiger partial charge in [0.25, 0.3) is 5.91 Å². The average molecular weight is 407 g/mol. The van der Waals surface area contributed by atoms with Gasteiger partial charge in [0.05, 0.1) is 12.8 Å². The van der Waals surface area contributed by atoms with E-state index >= 15 is 0 Å². The van der Waals surface area contributed by atoms with Gasteiger partial charge >= 0.3 is 0 Å². The summed E-state index contributed by atoms with van der Waals surface area (Å²) in [4.78, 5) is 18.7. The van der Waals surface area contributed by atoms with Crippen LogP contribution >= 0.6 is 11.3 Å². The van der Waals surface area contributed by atoms with E-state index in [2.05, 4.69) is 38.2 Å². The fourth-order valence-corrected chi connectivity index (χ4v) is 4.67. The number of carbonyl (C=O) groups is 1. The van der Waals surface area contributed by atoms with Gasteiger partial charge in [-0.25, -0.2) is 4.98 Å². The number of anilines is 1. The Morgan fingerprint density at radius 3 is 2.52 bits per heavy atom. The Labute approximate surface area is 176 Å². The summed E-state index contributed by atoms with van der Waals surface area (Å²) in [6.07, 6.45) is 1.89. The lowest BCUT2D eigenvalue weighted by Gasteiger charge is -2.18. The van der Waals surface area contributed by atoms with Gasteiger partial charge in [-0.05, 0) is 66.1 Å². The predicted molar refractivity (Wildman–Crippen MR) is 119 cm³/mol. The number of rotatable bonds is 3. The number of hydrogen-bond acceptors (Lipinski definition) is 4. The van der Waals surface area contributed by atoms with Crippen LogP contribution in [0.25, 0.3) is 11.3 Å². The van der Waals surface area contributed by atoms with Crippen molar-refractivity contribution in [2.45, 2.75) is 46.0 Å². The van der Waals surface area contributed by atoms with Crippen molar-refractivity contribution in [2.75, 3.05) is 12.4 Å². The Hall–Kier alpha value is -2.66. The monoisotopic (exact) mass is 406 g/mol. The van der Waals surface area contributed by atoms with E-state index in [0.717, 1.165) is 35.4 Å². The molecule has 0 spiro atoms. The highest BCUT2D eigenvalue weighted by Crippen LogP contribution is 2.40. The molecule has 1 aromatic heterocycles. The number of methoxy groups -OCH3 is 1. The van der Waals surface area contributed by atoms with E-state index in [1.54, 1.807) is 18.4 Å². The second-order valence-electron chi connectivity index (χ2n) is 8.55. The van der Waals surface area contributed by atoms with Crippen molar-refractivity contribution < 1.29 is 9.53 Å². The number of benzene rings is 2. The maximum absolute atomic E-state index is 12.7. The highest BCUT2D eigenvalue weighted by atomic mass is 32.1. The van der Waals surface area contributed by atoms with E-state index < -0.39 is 0 Å². The third kappa shape index (κ3) is 3.79. The second-order valence-corrected chi connectivity index (χ2v) is 9.63. The number of amides is 1. The van der Waals surface area contributed by atoms with Crippen molar-refractivity contribution in [2.24, 2.45) is 0 Å². The van der Waals surface area contributed by atoms with E-state index in [1.165, 1.54) is 16.0 Å². The van der Waals surface area contributed by atoms with E-state index in [1.807, 2.05) is 31.2 Å². The Bertz CT molecular complexity index is 1080. The molecular weight excluding hydrogens is 380 g/mol. The van der Waals surface area contributed by atoms with Crippen LogP contribution in [-0.4, -0.2) is 18.0 Å². The lowest BCUT2D eigenvalue weighted by Crippen LogP contribution is -2.14. The third-order valence-corrected chi connectivity index (χ3v) is 6.46. The average Bonchev–Trinajstić information content (AvgIpc) is 3.10. The van der Waals surface area contributed by atoms with E-state index in [4.69, 9.17) is 9.72 Å².